The molecule has 1 aliphatic rings. The van der Waals surface area contributed by atoms with Gasteiger partial charge in [0, 0.05) is 19.6 Å². The molecule has 2 rings (SSSR count). The van der Waals surface area contributed by atoms with Crippen molar-refractivity contribution in [3.63, 3.8) is 0 Å². The van der Waals surface area contributed by atoms with Crippen LogP contribution in [0.1, 0.15) is 30.6 Å². The molecule has 0 unspecified atom stereocenters. The first-order valence-corrected chi connectivity index (χ1v) is 10.5. The van der Waals surface area contributed by atoms with Crippen LogP contribution in [-0.2, 0) is 24.3 Å². The van der Waals surface area contributed by atoms with Gasteiger partial charge in [0.2, 0.25) is 10.0 Å². The molecule has 1 aromatic carbocycles. The monoisotopic (exact) mass is 416 g/mol. The molecule has 0 aromatic heterocycles. The van der Waals surface area contributed by atoms with E-state index in [0.717, 1.165) is 28.9 Å². The molecule has 1 heterocycles. The van der Waals surface area contributed by atoms with Crippen LogP contribution >= 0.6 is 0 Å². The minimum absolute atomic E-state index is 0.104. The molecule has 0 atom stereocenters. The van der Waals surface area contributed by atoms with Crippen molar-refractivity contribution in [1.29, 1.82) is 0 Å². The van der Waals surface area contributed by atoms with Gasteiger partial charge in [0.25, 0.3) is 5.91 Å². The standard InChI is InChI=1S/C18H25FN2O6S/c1-13(2)5-6-20-17(22)12-27-18(23)14-3-4-15(19)16(11-14)28(24,25)21-7-9-26-10-8-21/h3-4,11,13H,5-10,12H2,1-2H3,(H,20,22). The molecule has 1 saturated heterocycles. The third-order valence-electron chi connectivity index (χ3n) is 4.13. The first kappa shape index (κ1) is 22.3. The zero-order chi connectivity index (χ0) is 20.7. The van der Waals surface area contributed by atoms with Crippen molar-refractivity contribution in [2.75, 3.05) is 39.5 Å². The summed E-state index contributed by atoms with van der Waals surface area (Å²) in [5.74, 6) is -1.90. The average Bonchev–Trinajstić information content (AvgIpc) is 2.66. The molecule has 0 aliphatic carbocycles. The Hall–Kier alpha value is -2.04. The van der Waals surface area contributed by atoms with Gasteiger partial charge < -0.3 is 14.8 Å². The predicted molar refractivity (Wildman–Crippen MR) is 98.7 cm³/mol. The Kier molecular flexibility index (Phi) is 7.90. The second-order valence-corrected chi connectivity index (χ2v) is 8.68. The molecule has 156 valence electrons. The van der Waals surface area contributed by atoms with Gasteiger partial charge in [0.1, 0.15) is 10.7 Å². The van der Waals surface area contributed by atoms with E-state index in [-0.39, 0.29) is 31.9 Å². The zero-order valence-corrected chi connectivity index (χ0v) is 16.8. The second kappa shape index (κ2) is 9.94. The van der Waals surface area contributed by atoms with Gasteiger partial charge in [0.15, 0.2) is 6.61 Å². The lowest BCUT2D eigenvalue weighted by molar-refractivity contribution is -0.124. The molecule has 1 N–H and O–H groups in total. The Morgan fingerprint density at radius 3 is 2.61 bits per heavy atom. The van der Waals surface area contributed by atoms with Crippen LogP contribution < -0.4 is 5.32 Å². The number of benzene rings is 1. The van der Waals surface area contributed by atoms with Gasteiger partial charge >= 0.3 is 5.97 Å². The summed E-state index contributed by atoms with van der Waals surface area (Å²) in [6.45, 7) is 4.64. The van der Waals surface area contributed by atoms with Gasteiger partial charge in [-0.05, 0) is 30.5 Å². The number of nitrogens with zero attached hydrogens (tertiary/aromatic N) is 1. The van der Waals surface area contributed by atoms with Crippen LogP contribution in [0.15, 0.2) is 23.1 Å². The molecular formula is C18H25FN2O6S. The van der Waals surface area contributed by atoms with E-state index in [1.54, 1.807) is 0 Å². The number of sulfonamides is 1. The van der Waals surface area contributed by atoms with Gasteiger partial charge in [-0.15, -0.1) is 0 Å². The van der Waals surface area contributed by atoms with E-state index in [4.69, 9.17) is 9.47 Å². The third kappa shape index (κ3) is 5.98. The van der Waals surface area contributed by atoms with Crippen molar-refractivity contribution in [3.05, 3.63) is 29.6 Å². The zero-order valence-electron chi connectivity index (χ0n) is 15.9. The minimum Gasteiger partial charge on any atom is -0.452 e. The van der Waals surface area contributed by atoms with Crippen molar-refractivity contribution in [2.45, 2.75) is 25.2 Å². The fourth-order valence-electron chi connectivity index (χ4n) is 2.52. The summed E-state index contributed by atoms with van der Waals surface area (Å²) >= 11 is 0. The largest absolute Gasteiger partial charge is 0.452 e. The fourth-order valence-corrected chi connectivity index (χ4v) is 4.02. The van der Waals surface area contributed by atoms with Gasteiger partial charge in [-0.25, -0.2) is 17.6 Å². The molecule has 1 aliphatic heterocycles. The number of amides is 1. The maximum Gasteiger partial charge on any atom is 0.338 e. The van der Waals surface area contributed by atoms with Crippen LogP contribution in [0.2, 0.25) is 0 Å². The van der Waals surface area contributed by atoms with E-state index in [0.29, 0.717) is 12.5 Å². The van der Waals surface area contributed by atoms with Gasteiger partial charge in [-0.2, -0.15) is 4.31 Å². The normalized spacial score (nSPS) is 15.4. The van der Waals surface area contributed by atoms with E-state index in [2.05, 4.69) is 5.32 Å². The lowest BCUT2D eigenvalue weighted by Gasteiger charge is -2.26. The van der Waals surface area contributed by atoms with Crippen LogP contribution in [0.5, 0.6) is 0 Å². The van der Waals surface area contributed by atoms with Crippen LogP contribution in [0, 0.1) is 11.7 Å². The number of halogens is 1. The molecule has 1 amide bonds. The maximum absolute atomic E-state index is 14.1. The third-order valence-corrected chi connectivity index (χ3v) is 6.05. The summed E-state index contributed by atoms with van der Waals surface area (Å²) in [6.07, 6.45) is 0.792. The Labute approximate surface area is 164 Å². The fraction of sp³-hybridized carbons (Fsp3) is 0.556. The quantitative estimate of drug-likeness (QED) is 0.638. The Balaban J connectivity index is 2.03. The van der Waals surface area contributed by atoms with Gasteiger partial charge in [-0.1, -0.05) is 13.8 Å². The lowest BCUT2D eigenvalue weighted by Crippen LogP contribution is -2.41. The summed E-state index contributed by atoms with van der Waals surface area (Å²) in [4.78, 5) is 23.2. The minimum atomic E-state index is -4.11. The van der Waals surface area contributed by atoms with Crippen LogP contribution in [-0.4, -0.2) is 64.1 Å². The second-order valence-electron chi connectivity index (χ2n) is 6.77. The molecule has 10 heteroatoms. The number of carbonyl (C=O) groups excluding carboxylic acids is 2. The number of hydrogen-bond acceptors (Lipinski definition) is 6. The summed E-state index contributed by atoms with van der Waals surface area (Å²) in [6, 6.07) is 2.94. The van der Waals surface area contributed by atoms with Gasteiger partial charge in [-0.3, -0.25) is 4.79 Å². The number of nitrogens with one attached hydrogen (secondary N) is 1. The summed E-state index contributed by atoms with van der Waals surface area (Å²) in [7, 11) is -4.11. The van der Waals surface area contributed by atoms with Crippen molar-refractivity contribution < 1.29 is 31.9 Å². The Bertz CT molecular complexity index is 806. The summed E-state index contributed by atoms with van der Waals surface area (Å²) in [5, 5.41) is 2.62. The smallest absolute Gasteiger partial charge is 0.338 e. The lowest BCUT2D eigenvalue weighted by atomic mass is 10.1. The molecular weight excluding hydrogens is 391 g/mol. The number of esters is 1. The predicted octanol–water partition coefficient (Wildman–Crippen LogP) is 1.17. The molecule has 0 spiro atoms. The molecule has 0 radical (unpaired) electrons. The topological polar surface area (TPSA) is 102 Å². The van der Waals surface area contributed by atoms with E-state index in [1.807, 2.05) is 13.8 Å². The molecule has 1 aromatic rings. The molecule has 0 saturated carbocycles. The van der Waals surface area contributed by atoms with Crippen LogP contribution in [0.3, 0.4) is 0 Å². The SMILES string of the molecule is CC(C)CCNC(=O)COC(=O)c1ccc(F)c(S(=O)(=O)N2CCOCC2)c1. The highest BCUT2D eigenvalue weighted by Crippen LogP contribution is 2.22. The van der Waals surface area contributed by atoms with E-state index in [9.17, 15) is 22.4 Å². The Morgan fingerprint density at radius 2 is 1.96 bits per heavy atom. The highest BCUT2D eigenvalue weighted by molar-refractivity contribution is 7.89. The number of morpholine rings is 1. The number of ether oxygens (including phenoxy) is 2. The van der Waals surface area contributed by atoms with E-state index in [1.165, 1.54) is 0 Å². The Morgan fingerprint density at radius 1 is 1.29 bits per heavy atom. The van der Waals surface area contributed by atoms with Crippen LogP contribution in [0.4, 0.5) is 4.39 Å². The number of hydrogen-bond donors (Lipinski definition) is 1. The van der Waals surface area contributed by atoms with Crippen molar-refractivity contribution in [2.24, 2.45) is 5.92 Å². The first-order chi connectivity index (χ1) is 13.2. The van der Waals surface area contributed by atoms with E-state index < -0.39 is 39.2 Å². The maximum atomic E-state index is 14.1. The molecule has 8 nitrogen and oxygen atoms in total. The molecule has 28 heavy (non-hydrogen) atoms. The molecule has 1 fully saturated rings. The summed E-state index contributed by atoms with van der Waals surface area (Å²) in [5.41, 5.74) is -0.150. The number of carbonyl (C=O) groups is 2. The van der Waals surface area contributed by atoms with Crippen molar-refractivity contribution >= 4 is 21.9 Å². The van der Waals surface area contributed by atoms with Gasteiger partial charge in [0.05, 0.1) is 18.8 Å². The number of rotatable bonds is 8. The highest BCUT2D eigenvalue weighted by atomic mass is 32.2. The van der Waals surface area contributed by atoms with Crippen molar-refractivity contribution in [3.8, 4) is 0 Å². The van der Waals surface area contributed by atoms with Crippen LogP contribution in [0.25, 0.3) is 0 Å². The average molecular weight is 416 g/mol. The van der Waals surface area contributed by atoms with E-state index >= 15 is 0 Å². The highest BCUT2D eigenvalue weighted by Gasteiger charge is 2.30. The summed E-state index contributed by atoms with van der Waals surface area (Å²) < 4.78 is 50.5. The molecule has 0 bridgehead atoms. The first-order valence-electron chi connectivity index (χ1n) is 9.03. The van der Waals surface area contributed by atoms with Crippen molar-refractivity contribution in [1.82, 2.24) is 9.62 Å².